The predicted molar refractivity (Wildman–Crippen MR) is 242 cm³/mol. The van der Waals surface area contributed by atoms with E-state index in [-0.39, 0.29) is 0 Å². The van der Waals surface area contributed by atoms with Gasteiger partial charge in [-0.3, -0.25) is 4.57 Å². The minimum Gasteiger partial charge on any atom is -0.307 e. The summed E-state index contributed by atoms with van der Waals surface area (Å²) in [6.45, 7) is 0. The fourth-order valence-electron chi connectivity index (χ4n) is 9.49. The van der Waals surface area contributed by atoms with Crippen LogP contribution in [0.2, 0.25) is 0 Å². The predicted octanol–water partition coefficient (Wildman–Crippen LogP) is 13.1. The van der Waals surface area contributed by atoms with Crippen LogP contribution in [0.4, 0.5) is 0 Å². The van der Waals surface area contributed by atoms with Crippen molar-refractivity contribution in [1.82, 2.24) is 28.5 Å². The molecule has 274 valence electrons. The number of hydrogen-bond donors (Lipinski definition) is 0. The Balaban J connectivity index is 1.05. The molecule has 0 N–H and O–H groups in total. The number of hydrogen-bond acceptors (Lipinski definition) is 3. The van der Waals surface area contributed by atoms with E-state index in [1.165, 1.54) is 49.1 Å². The fourth-order valence-corrected chi connectivity index (χ4v) is 9.49. The largest absolute Gasteiger partial charge is 0.307 e. The van der Waals surface area contributed by atoms with Gasteiger partial charge in [-0.15, -0.1) is 0 Å². The van der Waals surface area contributed by atoms with Crippen molar-refractivity contribution in [2.24, 2.45) is 0 Å². The Labute approximate surface area is 337 Å². The second kappa shape index (κ2) is 12.2. The summed E-state index contributed by atoms with van der Waals surface area (Å²) in [5, 5.41) is 7.33. The normalized spacial score (nSPS) is 12.1. The molecule has 0 bridgehead atoms. The Morgan fingerprint density at radius 3 is 1.49 bits per heavy atom. The summed E-state index contributed by atoms with van der Waals surface area (Å²) in [6, 6.07) is 68.9. The van der Waals surface area contributed by atoms with Crippen LogP contribution in [-0.4, -0.2) is 28.5 Å². The number of nitrogens with zero attached hydrogens (tertiary/aromatic N) is 6. The van der Waals surface area contributed by atoms with Crippen LogP contribution >= 0.6 is 0 Å². The second-order valence-corrected chi connectivity index (χ2v) is 15.3. The molecular formula is C53H32N6. The molecule has 6 nitrogen and oxygen atoms in total. The number of pyridine rings is 1. The van der Waals surface area contributed by atoms with E-state index >= 15 is 0 Å². The van der Waals surface area contributed by atoms with Crippen molar-refractivity contribution in [2.75, 3.05) is 0 Å². The third-order valence-corrected chi connectivity index (χ3v) is 12.0. The first-order chi connectivity index (χ1) is 29.3. The van der Waals surface area contributed by atoms with Gasteiger partial charge in [0.25, 0.3) is 0 Å². The lowest BCUT2D eigenvalue weighted by molar-refractivity contribution is 0.953. The Bertz CT molecular complexity index is 3710. The molecule has 6 aromatic heterocycles. The molecule has 6 heterocycles. The van der Waals surface area contributed by atoms with E-state index in [9.17, 15) is 0 Å². The molecule has 0 aliphatic carbocycles. The van der Waals surface area contributed by atoms with Crippen LogP contribution in [-0.2, 0) is 0 Å². The number of para-hydroxylation sites is 2. The van der Waals surface area contributed by atoms with Gasteiger partial charge in [0.15, 0.2) is 11.6 Å². The van der Waals surface area contributed by atoms with Crippen molar-refractivity contribution in [3.8, 4) is 45.5 Å². The molecule has 13 aromatic rings. The second-order valence-electron chi connectivity index (χ2n) is 15.3. The van der Waals surface area contributed by atoms with Crippen LogP contribution in [0.15, 0.2) is 194 Å². The molecule has 6 heteroatoms. The van der Waals surface area contributed by atoms with Crippen molar-refractivity contribution in [2.45, 2.75) is 0 Å². The maximum Gasteiger partial charge on any atom is 0.238 e. The van der Waals surface area contributed by atoms with E-state index < -0.39 is 0 Å². The Morgan fingerprint density at radius 1 is 0.305 bits per heavy atom. The maximum absolute atomic E-state index is 5.13. The van der Waals surface area contributed by atoms with Gasteiger partial charge in [-0.2, -0.15) is 9.97 Å². The topological polar surface area (TPSA) is 52.9 Å². The van der Waals surface area contributed by atoms with Crippen LogP contribution < -0.4 is 0 Å². The minimum absolute atomic E-state index is 0.585. The maximum atomic E-state index is 5.13. The molecule has 0 atom stereocenters. The Kier molecular flexibility index (Phi) is 6.63. The van der Waals surface area contributed by atoms with E-state index in [4.69, 9.17) is 15.0 Å². The quantitative estimate of drug-likeness (QED) is 0.176. The monoisotopic (exact) mass is 752 g/mol. The highest BCUT2D eigenvalue weighted by Gasteiger charge is 2.25. The molecule has 0 unspecified atom stereocenters. The summed E-state index contributed by atoms with van der Waals surface area (Å²) < 4.78 is 7.11. The average molecular weight is 753 g/mol. The molecule has 0 saturated heterocycles. The average Bonchev–Trinajstić information content (AvgIpc) is 4.03. The molecule has 0 radical (unpaired) electrons. The lowest BCUT2D eigenvalue weighted by Crippen LogP contribution is -2.06. The van der Waals surface area contributed by atoms with E-state index in [2.05, 4.69) is 147 Å². The van der Waals surface area contributed by atoms with Crippen LogP contribution in [0.25, 0.3) is 116 Å². The fraction of sp³-hybridized carbons (Fsp3) is 0. The van der Waals surface area contributed by atoms with Gasteiger partial charge >= 0.3 is 0 Å². The lowest BCUT2D eigenvalue weighted by Gasteiger charge is -2.11. The van der Waals surface area contributed by atoms with E-state index in [0.29, 0.717) is 17.6 Å². The molecule has 7 aromatic carbocycles. The van der Waals surface area contributed by atoms with Gasteiger partial charge in [-0.1, -0.05) is 140 Å². The van der Waals surface area contributed by atoms with Gasteiger partial charge in [0.2, 0.25) is 5.95 Å². The minimum atomic E-state index is 0.585. The molecule has 0 aliphatic rings. The molecule has 59 heavy (non-hydrogen) atoms. The van der Waals surface area contributed by atoms with Crippen LogP contribution in [0.5, 0.6) is 0 Å². The van der Waals surface area contributed by atoms with Crippen LogP contribution in [0, 0.1) is 0 Å². The van der Waals surface area contributed by atoms with Gasteiger partial charge in [0.05, 0.1) is 38.6 Å². The van der Waals surface area contributed by atoms with E-state index in [1.807, 2.05) is 60.7 Å². The zero-order valence-electron chi connectivity index (χ0n) is 31.7. The van der Waals surface area contributed by atoms with Gasteiger partial charge < -0.3 is 8.97 Å². The molecule has 0 amide bonds. The Morgan fingerprint density at radius 2 is 0.814 bits per heavy atom. The standard InChI is InChI=1S/C53H32N6/c1-4-15-33(16-5-1)51-54-52(34-17-6-2-7-18-34)56-53(55-51)59-44-24-13-12-22-39(44)41-31-35(27-29-45(41)59)36-28-30-46-42(32-36)48-47-26-14-25-43-38-21-10-11-23-40(38)49(58(43)47)50(48)57(46)37-19-8-3-9-20-37/h1-32H. The van der Waals surface area contributed by atoms with Crippen LogP contribution in [0.3, 0.4) is 0 Å². The molecule has 0 aliphatic heterocycles. The first-order valence-corrected chi connectivity index (χ1v) is 20.0. The molecule has 0 spiro atoms. The summed E-state index contributed by atoms with van der Waals surface area (Å²) >= 11 is 0. The SMILES string of the molecule is c1ccc(-c2nc(-c3ccccc3)nc(-n3c4ccccc4c4cc(-c5ccc6c(c5)c5c(c7c8ccccc8c8cccc5n87)n6-c5ccccc5)ccc43)n2)cc1. The number of benzene rings is 7. The first kappa shape index (κ1) is 32.0. The van der Waals surface area contributed by atoms with Gasteiger partial charge in [0, 0.05) is 49.1 Å². The lowest BCUT2D eigenvalue weighted by atomic mass is 10.0. The number of fused-ring (bicyclic) bond motifs is 11. The van der Waals surface area contributed by atoms with Gasteiger partial charge in [-0.25, -0.2) is 4.98 Å². The van der Waals surface area contributed by atoms with Crippen molar-refractivity contribution >= 4 is 70.9 Å². The summed E-state index contributed by atoms with van der Waals surface area (Å²) in [6.07, 6.45) is 0. The molecule has 0 fully saturated rings. The summed E-state index contributed by atoms with van der Waals surface area (Å²) in [7, 11) is 0. The summed E-state index contributed by atoms with van der Waals surface area (Å²) in [5.41, 5.74) is 13.6. The Hall–Kier alpha value is -8.09. The van der Waals surface area contributed by atoms with Crippen molar-refractivity contribution in [3.05, 3.63) is 194 Å². The number of aromatic nitrogens is 6. The molecular weight excluding hydrogens is 721 g/mol. The zero-order valence-corrected chi connectivity index (χ0v) is 31.7. The van der Waals surface area contributed by atoms with Crippen molar-refractivity contribution < 1.29 is 0 Å². The van der Waals surface area contributed by atoms with Gasteiger partial charge in [-0.05, 0) is 65.7 Å². The summed E-state index contributed by atoms with van der Waals surface area (Å²) in [4.78, 5) is 15.2. The van der Waals surface area contributed by atoms with Crippen molar-refractivity contribution in [3.63, 3.8) is 0 Å². The highest BCUT2D eigenvalue weighted by molar-refractivity contribution is 6.29. The van der Waals surface area contributed by atoms with E-state index in [1.54, 1.807) is 0 Å². The third-order valence-electron chi connectivity index (χ3n) is 12.0. The van der Waals surface area contributed by atoms with Gasteiger partial charge in [0.1, 0.15) is 0 Å². The van der Waals surface area contributed by atoms with Crippen molar-refractivity contribution in [1.29, 1.82) is 0 Å². The van der Waals surface area contributed by atoms with E-state index in [0.717, 1.165) is 49.7 Å². The first-order valence-electron chi connectivity index (χ1n) is 20.0. The highest BCUT2D eigenvalue weighted by Crippen LogP contribution is 2.45. The highest BCUT2D eigenvalue weighted by atomic mass is 15.2. The molecule has 0 saturated carbocycles. The van der Waals surface area contributed by atoms with Crippen LogP contribution in [0.1, 0.15) is 0 Å². The third kappa shape index (κ3) is 4.59. The smallest absolute Gasteiger partial charge is 0.238 e. The zero-order chi connectivity index (χ0) is 38.6. The number of rotatable bonds is 5. The molecule has 13 rings (SSSR count). The summed E-state index contributed by atoms with van der Waals surface area (Å²) in [5.74, 6) is 1.85.